The Morgan fingerprint density at radius 3 is 2.08 bits per heavy atom. The number of carboxylic acid groups (broad SMARTS) is 1. The van der Waals surface area contributed by atoms with Gasteiger partial charge in [-0.3, -0.25) is 29.0 Å². The van der Waals surface area contributed by atoms with E-state index in [2.05, 4.69) is 26.3 Å². The molecule has 0 spiro atoms. The number of nitrogens with two attached hydrogens (primary N) is 3. The first kappa shape index (κ1) is 42.4. The average Bonchev–Trinajstić information content (AvgIpc) is 3.51. The van der Waals surface area contributed by atoms with Crippen LogP contribution in [0.2, 0.25) is 0 Å². The number of aliphatic hydroxyl groups excluding tert-OH is 1. The minimum absolute atomic E-state index is 0.0654. The fraction of sp³-hybridized carbons (Fsp3) is 0.767. The molecule has 0 aromatic carbocycles. The second kappa shape index (κ2) is 21.4. The Hall–Kier alpha value is -3.64. The smallest absolute Gasteiger partial charge is 0.326 e. The highest BCUT2D eigenvalue weighted by molar-refractivity contribution is 7.98. The number of guanidine groups is 1. The summed E-state index contributed by atoms with van der Waals surface area (Å²) in [6.45, 7) is 6.86. The van der Waals surface area contributed by atoms with Crippen LogP contribution in [-0.2, 0) is 28.8 Å². The molecule has 0 aromatic rings. The van der Waals surface area contributed by atoms with Gasteiger partial charge in [0.2, 0.25) is 29.5 Å². The Morgan fingerprint density at radius 1 is 0.917 bits per heavy atom. The van der Waals surface area contributed by atoms with Crippen LogP contribution in [0.4, 0.5) is 0 Å². The maximum atomic E-state index is 13.6. The molecule has 1 saturated heterocycles. The number of nitrogens with one attached hydrogen (secondary N) is 4. The van der Waals surface area contributed by atoms with Crippen LogP contribution in [0.25, 0.3) is 0 Å². The second-order valence-corrected chi connectivity index (χ2v) is 13.6. The maximum absolute atomic E-state index is 13.6. The number of aliphatic carboxylic acids is 1. The number of nitrogens with zero attached hydrogens (tertiary/aromatic N) is 2. The maximum Gasteiger partial charge on any atom is 0.326 e. The highest BCUT2D eigenvalue weighted by Gasteiger charge is 2.40. The van der Waals surface area contributed by atoms with Crippen molar-refractivity contribution in [2.75, 3.05) is 31.7 Å². The molecule has 0 aliphatic carbocycles. The Kier molecular flexibility index (Phi) is 18.9. The largest absolute Gasteiger partial charge is 0.480 e. The Bertz CT molecular complexity index is 1140. The number of thioether (sulfide) groups is 1. The molecule has 1 aliphatic rings. The zero-order chi connectivity index (χ0) is 36.6. The summed E-state index contributed by atoms with van der Waals surface area (Å²) < 4.78 is 0. The minimum atomic E-state index is -1.46. The van der Waals surface area contributed by atoms with Gasteiger partial charge >= 0.3 is 5.97 Å². The Labute approximate surface area is 286 Å². The fourth-order valence-electron chi connectivity index (χ4n) is 5.11. The van der Waals surface area contributed by atoms with Crippen molar-refractivity contribution in [3.05, 3.63) is 0 Å². The summed E-state index contributed by atoms with van der Waals surface area (Å²) in [6.07, 6.45) is 3.66. The average molecular weight is 702 g/mol. The van der Waals surface area contributed by atoms with E-state index in [-0.39, 0.29) is 50.0 Å². The second-order valence-electron chi connectivity index (χ2n) is 12.6. The van der Waals surface area contributed by atoms with Crippen molar-refractivity contribution in [2.45, 2.75) is 102 Å². The van der Waals surface area contributed by atoms with Crippen molar-refractivity contribution < 1.29 is 39.0 Å². The molecule has 1 aliphatic heterocycles. The van der Waals surface area contributed by atoms with Crippen LogP contribution in [0.5, 0.6) is 0 Å². The molecule has 1 heterocycles. The summed E-state index contributed by atoms with van der Waals surface area (Å²) in [5.41, 5.74) is 16.6. The molecule has 0 aromatic heterocycles. The highest BCUT2D eigenvalue weighted by atomic mass is 32.2. The van der Waals surface area contributed by atoms with Crippen molar-refractivity contribution in [1.29, 1.82) is 0 Å². The van der Waals surface area contributed by atoms with Crippen LogP contribution in [0, 0.1) is 11.8 Å². The number of amides is 5. The molecule has 1 rings (SSSR count). The summed E-state index contributed by atoms with van der Waals surface area (Å²) in [6, 6.07) is -6.61. The number of hydrogen-bond donors (Lipinski definition) is 9. The Morgan fingerprint density at radius 2 is 1.54 bits per heavy atom. The molecular weight excluding hydrogens is 646 g/mol. The van der Waals surface area contributed by atoms with E-state index < -0.39 is 78.4 Å². The number of aliphatic hydroxyl groups is 1. The molecule has 5 amide bonds. The third kappa shape index (κ3) is 14.2. The zero-order valence-corrected chi connectivity index (χ0v) is 29.4. The molecule has 0 unspecified atom stereocenters. The Balaban J connectivity index is 2.97. The first-order valence-electron chi connectivity index (χ1n) is 16.2. The van der Waals surface area contributed by atoms with Crippen molar-refractivity contribution in [3.63, 3.8) is 0 Å². The van der Waals surface area contributed by atoms with Crippen molar-refractivity contribution in [3.8, 4) is 0 Å². The van der Waals surface area contributed by atoms with E-state index in [1.165, 1.54) is 16.7 Å². The molecule has 0 bridgehead atoms. The zero-order valence-electron chi connectivity index (χ0n) is 28.6. The predicted octanol–water partition coefficient (Wildman–Crippen LogP) is -2.17. The number of likely N-dealkylation sites (tertiary alicyclic amines) is 1. The van der Waals surface area contributed by atoms with Gasteiger partial charge in [-0.15, -0.1) is 0 Å². The molecule has 12 N–H and O–H groups in total. The number of hydrogen-bond acceptors (Lipinski definition) is 10. The standard InChI is InChI=1S/C30H55N9O8S/c1-16(2)14-20(25(42)35-19(29(46)47)10-13-48-5)36-26(43)21(15-40)37-27(44)22-9-7-12-39(22)28(45)23(17(3)4)38-24(41)18(31)8-6-11-34-30(32)33/h16-23,40H,6-15,31H2,1-5H3,(H,35,42)(H,36,43)(H,37,44)(H,38,41)(H,46,47)(H4,32,33,34)/t18-,19-,20-,21-,22-,23-/m0/s1. The van der Waals surface area contributed by atoms with E-state index in [1.54, 1.807) is 13.8 Å². The van der Waals surface area contributed by atoms with Crippen molar-refractivity contribution in [2.24, 2.45) is 34.0 Å². The van der Waals surface area contributed by atoms with E-state index in [4.69, 9.17) is 17.2 Å². The first-order chi connectivity index (χ1) is 22.5. The van der Waals surface area contributed by atoms with Gasteiger partial charge in [0.1, 0.15) is 30.2 Å². The molecule has 48 heavy (non-hydrogen) atoms. The van der Waals surface area contributed by atoms with E-state index in [0.29, 0.717) is 25.1 Å². The lowest BCUT2D eigenvalue weighted by Crippen LogP contribution is -2.60. The monoisotopic (exact) mass is 701 g/mol. The van der Waals surface area contributed by atoms with Crippen LogP contribution in [0.15, 0.2) is 4.99 Å². The van der Waals surface area contributed by atoms with Crippen molar-refractivity contribution >= 4 is 53.2 Å². The molecular formula is C30H55N9O8S. The van der Waals surface area contributed by atoms with Gasteiger partial charge in [0.25, 0.3) is 0 Å². The van der Waals surface area contributed by atoms with Crippen LogP contribution in [0.3, 0.4) is 0 Å². The summed E-state index contributed by atoms with van der Waals surface area (Å²) in [4.78, 5) is 82.9. The quantitative estimate of drug-likeness (QED) is 0.0351. The van der Waals surface area contributed by atoms with Gasteiger partial charge in [0.15, 0.2) is 5.96 Å². The molecule has 6 atom stereocenters. The first-order valence-corrected chi connectivity index (χ1v) is 17.6. The van der Waals surface area contributed by atoms with Gasteiger partial charge < -0.3 is 53.6 Å². The fourth-order valence-corrected chi connectivity index (χ4v) is 5.58. The number of carbonyl (C=O) groups is 6. The van der Waals surface area contributed by atoms with Crippen LogP contribution in [-0.4, -0.2) is 125 Å². The van der Waals surface area contributed by atoms with Gasteiger partial charge in [0.05, 0.1) is 12.6 Å². The summed E-state index contributed by atoms with van der Waals surface area (Å²) in [5.74, 6) is -4.45. The van der Waals surface area contributed by atoms with Crippen LogP contribution < -0.4 is 38.5 Å². The number of rotatable bonds is 21. The minimum Gasteiger partial charge on any atom is -0.480 e. The lowest BCUT2D eigenvalue weighted by molar-refractivity contribution is -0.143. The number of carboxylic acids is 1. The molecule has 0 radical (unpaired) electrons. The molecule has 1 fully saturated rings. The van der Waals surface area contributed by atoms with Crippen molar-refractivity contribution in [1.82, 2.24) is 26.2 Å². The van der Waals surface area contributed by atoms with Gasteiger partial charge in [0, 0.05) is 13.1 Å². The third-order valence-corrected chi connectivity index (χ3v) is 8.40. The van der Waals surface area contributed by atoms with Gasteiger partial charge in [-0.25, -0.2) is 4.79 Å². The molecule has 18 heteroatoms. The summed E-state index contributed by atoms with van der Waals surface area (Å²) in [7, 11) is 0. The summed E-state index contributed by atoms with van der Waals surface area (Å²) in [5, 5.41) is 29.7. The van der Waals surface area contributed by atoms with Gasteiger partial charge in [-0.05, 0) is 62.4 Å². The normalized spacial score (nSPS) is 17.5. The predicted molar refractivity (Wildman–Crippen MR) is 182 cm³/mol. The molecule has 17 nitrogen and oxygen atoms in total. The van der Waals surface area contributed by atoms with E-state index in [1.807, 2.05) is 20.1 Å². The van der Waals surface area contributed by atoms with Gasteiger partial charge in [-0.1, -0.05) is 27.7 Å². The molecule has 0 saturated carbocycles. The number of carbonyl (C=O) groups excluding carboxylic acids is 5. The van der Waals surface area contributed by atoms with Crippen LogP contribution in [0.1, 0.15) is 66.2 Å². The topological polar surface area (TPSA) is 285 Å². The SMILES string of the molecule is CSCC[C@H](NC(=O)[C@H](CC(C)C)NC(=O)[C@H](CO)NC(=O)[C@@H]1CCCN1C(=O)[C@@H](NC(=O)[C@@H](N)CCCN=C(N)N)C(C)C)C(=O)O. The number of aliphatic imine (C=N–C) groups is 1. The van der Waals surface area contributed by atoms with Gasteiger partial charge in [-0.2, -0.15) is 11.8 Å². The lowest BCUT2D eigenvalue weighted by atomic mass is 10.0. The van der Waals surface area contributed by atoms with E-state index in [9.17, 15) is 39.0 Å². The lowest BCUT2D eigenvalue weighted by Gasteiger charge is -2.31. The molecule has 274 valence electrons. The highest BCUT2D eigenvalue weighted by Crippen LogP contribution is 2.21. The van der Waals surface area contributed by atoms with E-state index >= 15 is 0 Å². The third-order valence-electron chi connectivity index (χ3n) is 7.75. The summed E-state index contributed by atoms with van der Waals surface area (Å²) >= 11 is 1.43. The van der Waals surface area contributed by atoms with Crippen LogP contribution >= 0.6 is 11.8 Å². The van der Waals surface area contributed by atoms with E-state index in [0.717, 1.165) is 0 Å².